The summed E-state index contributed by atoms with van der Waals surface area (Å²) in [6.07, 6.45) is 3.42. The molecular weight excluding hydrogens is 304 g/mol. The predicted octanol–water partition coefficient (Wildman–Crippen LogP) is 2.95. The van der Waals surface area contributed by atoms with Crippen LogP contribution in [0.1, 0.15) is 35.3 Å². The Bertz CT molecular complexity index is 790. The van der Waals surface area contributed by atoms with E-state index in [1.807, 2.05) is 36.1 Å². The summed E-state index contributed by atoms with van der Waals surface area (Å²) in [6.45, 7) is 3.19. The van der Waals surface area contributed by atoms with E-state index in [9.17, 15) is 4.79 Å². The van der Waals surface area contributed by atoms with Gasteiger partial charge in [-0.05, 0) is 50.5 Å². The van der Waals surface area contributed by atoms with E-state index in [1.54, 1.807) is 7.11 Å². The van der Waals surface area contributed by atoms with Gasteiger partial charge < -0.3 is 14.4 Å². The average molecular weight is 326 g/mol. The maximum absolute atomic E-state index is 13.2. The molecule has 1 aliphatic heterocycles. The molecule has 2 heterocycles. The summed E-state index contributed by atoms with van der Waals surface area (Å²) in [5.74, 6) is 0.846. The Hall–Kier alpha value is -2.14. The first kappa shape index (κ1) is 15.4. The Kier molecular flexibility index (Phi) is 3.88. The molecule has 0 bridgehead atoms. The van der Waals surface area contributed by atoms with Crippen LogP contribution in [-0.2, 0) is 4.74 Å². The lowest BCUT2D eigenvalue weighted by Gasteiger charge is -2.37. The van der Waals surface area contributed by atoms with E-state index in [0.717, 1.165) is 41.6 Å². The van der Waals surface area contributed by atoms with Crippen molar-refractivity contribution >= 4 is 16.8 Å². The first-order valence-electron chi connectivity index (χ1n) is 8.55. The fourth-order valence-electron chi connectivity index (χ4n) is 3.93. The van der Waals surface area contributed by atoms with Crippen molar-refractivity contribution in [2.75, 3.05) is 20.3 Å². The minimum Gasteiger partial charge on any atom is -0.497 e. The maximum Gasteiger partial charge on any atom is 0.256 e. The fourth-order valence-corrected chi connectivity index (χ4v) is 3.93. The van der Waals surface area contributed by atoms with Gasteiger partial charge >= 0.3 is 0 Å². The normalized spacial score (nSPS) is 23.3. The number of aromatic nitrogens is 1. The van der Waals surface area contributed by atoms with Crippen LogP contribution in [0.2, 0.25) is 0 Å². The first-order valence-corrected chi connectivity index (χ1v) is 8.55. The van der Waals surface area contributed by atoms with Crippen molar-refractivity contribution in [3.8, 4) is 5.75 Å². The van der Waals surface area contributed by atoms with E-state index >= 15 is 0 Å². The second-order valence-corrected chi connectivity index (χ2v) is 6.59. The van der Waals surface area contributed by atoms with Gasteiger partial charge in [0.15, 0.2) is 0 Å². The average Bonchev–Trinajstić information content (AvgIpc) is 3.09. The van der Waals surface area contributed by atoms with Crippen LogP contribution in [0.4, 0.5) is 0 Å². The highest BCUT2D eigenvalue weighted by molar-refractivity contribution is 5.99. The van der Waals surface area contributed by atoms with E-state index in [0.29, 0.717) is 18.7 Å². The monoisotopic (exact) mass is 326 g/mol. The van der Waals surface area contributed by atoms with Crippen LogP contribution in [0.15, 0.2) is 24.3 Å². The number of benzene rings is 1. The summed E-state index contributed by atoms with van der Waals surface area (Å²) in [4.78, 5) is 19.8. The molecule has 0 N–H and O–H groups in total. The lowest BCUT2D eigenvalue weighted by Crippen LogP contribution is -2.51. The lowest BCUT2D eigenvalue weighted by atomic mass is 10.0. The molecule has 1 aromatic carbocycles. The summed E-state index contributed by atoms with van der Waals surface area (Å²) in [5.41, 5.74) is 2.34. The SMILES string of the molecule is COc1ccc2nc(C)c(C(=O)N3CCOC4CCCC43)cc2c1. The van der Waals surface area contributed by atoms with E-state index < -0.39 is 0 Å². The largest absolute Gasteiger partial charge is 0.497 e. The predicted molar refractivity (Wildman–Crippen MR) is 91.4 cm³/mol. The second kappa shape index (κ2) is 6.06. The fraction of sp³-hybridized carbons (Fsp3) is 0.474. The van der Waals surface area contributed by atoms with Gasteiger partial charge in [0.1, 0.15) is 5.75 Å². The molecule has 0 radical (unpaired) electrons. The summed E-state index contributed by atoms with van der Waals surface area (Å²) in [7, 11) is 1.64. The third-order valence-corrected chi connectivity index (χ3v) is 5.19. The van der Waals surface area contributed by atoms with Crippen molar-refractivity contribution in [2.24, 2.45) is 0 Å². The second-order valence-electron chi connectivity index (χ2n) is 6.59. The number of morpholine rings is 1. The van der Waals surface area contributed by atoms with Crippen LogP contribution in [0.3, 0.4) is 0 Å². The third-order valence-electron chi connectivity index (χ3n) is 5.19. The van der Waals surface area contributed by atoms with Crippen molar-refractivity contribution < 1.29 is 14.3 Å². The number of fused-ring (bicyclic) bond motifs is 2. The Balaban J connectivity index is 1.71. The molecule has 126 valence electrons. The van der Waals surface area contributed by atoms with Crippen molar-refractivity contribution in [3.63, 3.8) is 0 Å². The van der Waals surface area contributed by atoms with Gasteiger partial charge in [-0.25, -0.2) is 0 Å². The molecule has 4 rings (SSSR count). The molecule has 2 fully saturated rings. The summed E-state index contributed by atoms with van der Waals surface area (Å²) in [5, 5.41) is 0.930. The number of carbonyl (C=O) groups is 1. The maximum atomic E-state index is 13.2. The molecule has 2 atom stereocenters. The van der Waals surface area contributed by atoms with Crippen LogP contribution in [-0.4, -0.2) is 48.2 Å². The highest BCUT2D eigenvalue weighted by Gasteiger charge is 2.39. The summed E-state index contributed by atoms with van der Waals surface area (Å²) < 4.78 is 11.1. The molecule has 1 amide bonds. The molecule has 1 saturated heterocycles. The number of aryl methyl sites for hydroxylation is 1. The number of nitrogens with zero attached hydrogens (tertiary/aromatic N) is 2. The Labute approximate surface area is 141 Å². The zero-order valence-electron chi connectivity index (χ0n) is 14.1. The van der Waals surface area contributed by atoms with Crippen LogP contribution < -0.4 is 4.74 Å². The van der Waals surface area contributed by atoms with Crippen LogP contribution in [0, 0.1) is 6.92 Å². The number of rotatable bonds is 2. The number of ether oxygens (including phenoxy) is 2. The van der Waals surface area contributed by atoms with E-state index in [1.165, 1.54) is 0 Å². The zero-order valence-corrected chi connectivity index (χ0v) is 14.1. The molecule has 24 heavy (non-hydrogen) atoms. The molecule has 0 spiro atoms. The van der Waals surface area contributed by atoms with Crippen molar-refractivity contribution in [2.45, 2.75) is 38.3 Å². The van der Waals surface area contributed by atoms with Crippen molar-refractivity contribution in [1.82, 2.24) is 9.88 Å². The van der Waals surface area contributed by atoms with Gasteiger partial charge in [0.25, 0.3) is 5.91 Å². The lowest BCUT2D eigenvalue weighted by molar-refractivity contribution is -0.0445. The van der Waals surface area contributed by atoms with Crippen LogP contribution in [0.25, 0.3) is 10.9 Å². The first-order chi connectivity index (χ1) is 11.7. The molecule has 1 aromatic heterocycles. The quantitative estimate of drug-likeness (QED) is 0.851. The van der Waals surface area contributed by atoms with Crippen LogP contribution >= 0.6 is 0 Å². The van der Waals surface area contributed by atoms with Gasteiger partial charge in [0.05, 0.1) is 42.6 Å². The molecule has 1 aliphatic carbocycles. The molecule has 1 saturated carbocycles. The Morgan fingerprint density at radius 2 is 2.21 bits per heavy atom. The highest BCUT2D eigenvalue weighted by atomic mass is 16.5. The Morgan fingerprint density at radius 1 is 1.33 bits per heavy atom. The standard InChI is InChI=1S/C19H22N2O3/c1-12-15(11-13-10-14(23-2)6-7-16(13)20-12)19(22)21-8-9-24-18-5-3-4-17(18)21/h6-7,10-11,17-18H,3-5,8-9H2,1-2H3. The number of hydrogen-bond donors (Lipinski definition) is 0. The summed E-state index contributed by atoms with van der Waals surface area (Å²) in [6, 6.07) is 7.91. The van der Waals surface area contributed by atoms with Gasteiger partial charge in [0, 0.05) is 11.9 Å². The number of hydrogen-bond acceptors (Lipinski definition) is 4. The van der Waals surface area contributed by atoms with Gasteiger partial charge in [-0.3, -0.25) is 9.78 Å². The minimum absolute atomic E-state index is 0.0740. The molecule has 2 unspecified atom stereocenters. The van der Waals surface area contributed by atoms with Crippen molar-refractivity contribution in [1.29, 1.82) is 0 Å². The molecule has 2 aromatic rings. The number of carbonyl (C=O) groups excluding carboxylic acids is 1. The smallest absolute Gasteiger partial charge is 0.256 e. The Morgan fingerprint density at radius 3 is 3.04 bits per heavy atom. The van der Waals surface area contributed by atoms with Gasteiger partial charge in [-0.2, -0.15) is 0 Å². The highest BCUT2D eigenvalue weighted by Crippen LogP contribution is 2.31. The third kappa shape index (κ3) is 2.53. The van der Waals surface area contributed by atoms with E-state index in [-0.39, 0.29) is 18.1 Å². The van der Waals surface area contributed by atoms with Crippen molar-refractivity contribution in [3.05, 3.63) is 35.5 Å². The molecular formula is C19H22N2O3. The number of amides is 1. The molecule has 2 aliphatic rings. The van der Waals surface area contributed by atoms with E-state index in [2.05, 4.69) is 4.98 Å². The number of methoxy groups -OCH3 is 1. The topological polar surface area (TPSA) is 51.7 Å². The van der Waals surface area contributed by atoms with Gasteiger partial charge in [-0.15, -0.1) is 0 Å². The van der Waals surface area contributed by atoms with Gasteiger partial charge in [-0.1, -0.05) is 0 Å². The molecule has 5 heteroatoms. The van der Waals surface area contributed by atoms with E-state index in [4.69, 9.17) is 9.47 Å². The van der Waals surface area contributed by atoms with Crippen LogP contribution in [0.5, 0.6) is 5.75 Å². The minimum atomic E-state index is 0.0740. The zero-order chi connectivity index (χ0) is 16.7. The summed E-state index contributed by atoms with van der Waals surface area (Å²) >= 11 is 0. The van der Waals surface area contributed by atoms with Gasteiger partial charge in [0.2, 0.25) is 0 Å². The molecule has 5 nitrogen and oxygen atoms in total. The number of pyridine rings is 1.